The van der Waals surface area contributed by atoms with Crippen molar-refractivity contribution in [2.24, 2.45) is 0 Å². The molecule has 0 unspecified atom stereocenters. The first-order chi connectivity index (χ1) is 17.6. The molecule has 2 atom stereocenters. The SMILES string of the molecule is Fc1cccnc1O[C@@H]1CO[C@@]2(CCCN(Cc3ccco3)C2)C1.O=C(O)C(F)(F)F.O=C(O)C(F)(F)F. The maximum absolute atomic E-state index is 13.7. The Labute approximate surface area is 210 Å². The number of carbonyl (C=O) groups is 2. The zero-order valence-electron chi connectivity index (χ0n) is 19.5. The van der Waals surface area contributed by atoms with Crippen molar-refractivity contribution in [3.8, 4) is 5.88 Å². The minimum absolute atomic E-state index is 0.0615. The molecule has 0 saturated carbocycles. The van der Waals surface area contributed by atoms with Crippen molar-refractivity contribution in [2.45, 2.75) is 49.9 Å². The lowest BCUT2D eigenvalue weighted by atomic mass is 9.89. The molecule has 4 rings (SSSR count). The number of likely N-dealkylation sites (tertiary alicyclic amines) is 1. The molecule has 4 heterocycles. The Balaban J connectivity index is 0.000000301. The predicted molar refractivity (Wildman–Crippen MR) is 113 cm³/mol. The number of aliphatic carboxylic acids is 2. The van der Waals surface area contributed by atoms with Gasteiger partial charge in [-0.05, 0) is 43.7 Å². The molecule has 2 aromatic rings. The first-order valence-electron chi connectivity index (χ1n) is 10.9. The van der Waals surface area contributed by atoms with Crippen LogP contribution in [0.3, 0.4) is 0 Å². The molecule has 2 N–H and O–H groups in total. The van der Waals surface area contributed by atoms with Crippen LogP contribution < -0.4 is 4.74 Å². The third-order valence-corrected chi connectivity index (χ3v) is 5.24. The van der Waals surface area contributed by atoms with Crippen molar-refractivity contribution in [3.63, 3.8) is 0 Å². The molecule has 9 nitrogen and oxygen atoms in total. The molecule has 0 aliphatic carbocycles. The largest absolute Gasteiger partial charge is 0.490 e. The average molecular weight is 560 g/mol. The van der Waals surface area contributed by atoms with Gasteiger partial charge in [0, 0.05) is 19.2 Å². The van der Waals surface area contributed by atoms with Gasteiger partial charge in [0.2, 0.25) is 0 Å². The van der Waals surface area contributed by atoms with Gasteiger partial charge in [0.15, 0.2) is 5.82 Å². The number of furan rings is 1. The van der Waals surface area contributed by atoms with Crippen molar-refractivity contribution < 1.29 is 64.4 Å². The van der Waals surface area contributed by atoms with E-state index in [0.29, 0.717) is 6.61 Å². The van der Waals surface area contributed by atoms with E-state index in [-0.39, 0.29) is 17.6 Å². The zero-order chi connectivity index (χ0) is 28.6. The summed E-state index contributed by atoms with van der Waals surface area (Å²) in [6.45, 7) is 3.15. The number of piperidine rings is 1. The molecule has 2 aliphatic rings. The highest BCUT2D eigenvalue weighted by atomic mass is 19.4. The number of alkyl halides is 6. The van der Waals surface area contributed by atoms with Gasteiger partial charge < -0.3 is 24.1 Å². The molecular weight excluding hydrogens is 537 g/mol. The average Bonchev–Trinajstić information content (AvgIpc) is 3.45. The molecular formula is C22H23F7N2O7. The van der Waals surface area contributed by atoms with Gasteiger partial charge in [0.25, 0.3) is 5.88 Å². The van der Waals surface area contributed by atoms with Gasteiger partial charge in [-0.3, -0.25) is 4.90 Å². The third kappa shape index (κ3) is 9.81. The lowest BCUT2D eigenvalue weighted by Crippen LogP contribution is -2.47. The third-order valence-electron chi connectivity index (χ3n) is 5.24. The Kier molecular flexibility index (Phi) is 10.5. The number of carboxylic acid groups (broad SMARTS) is 2. The van der Waals surface area contributed by atoms with Crippen LogP contribution in [0.25, 0.3) is 0 Å². The summed E-state index contributed by atoms with van der Waals surface area (Å²) in [5.74, 6) is -4.92. The highest BCUT2D eigenvalue weighted by Crippen LogP contribution is 2.36. The second kappa shape index (κ2) is 12.9. The Hall–Kier alpha value is -3.40. The quantitative estimate of drug-likeness (QED) is 0.528. The number of rotatable bonds is 4. The Morgan fingerprint density at radius 2 is 1.74 bits per heavy atom. The number of hydrogen-bond donors (Lipinski definition) is 2. The van der Waals surface area contributed by atoms with Crippen LogP contribution in [-0.4, -0.2) is 75.8 Å². The molecule has 2 fully saturated rings. The maximum Gasteiger partial charge on any atom is 0.490 e. The maximum atomic E-state index is 13.7. The van der Waals surface area contributed by atoms with Crippen molar-refractivity contribution >= 4 is 11.9 Å². The molecule has 2 aromatic heterocycles. The minimum atomic E-state index is -5.08. The molecule has 2 saturated heterocycles. The van der Waals surface area contributed by atoms with Gasteiger partial charge >= 0.3 is 24.3 Å². The van der Waals surface area contributed by atoms with E-state index in [2.05, 4.69) is 9.88 Å². The van der Waals surface area contributed by atoms with Gasteiger partial charge in [-0.15, -0.1) is 0 Å². The Morgan fingerprint density at radius 3 is 2.26 bits per heavy atom. The summed E-state index contributed by atoms with van der Waals surface area (Å²) >= 11 is 0. The normalized spacial score (nSPS) is 21.6. The van der Waals surface area contributed by atoms with E-state index >= 15 is 0 Å². The van der Waals surface area contributed by atoms with Crippen molar-refractivity contribution in [1.29, 1.82) is 0 Å². The number of halogens is 7. The number of carboxylic acids is 2. The molecule has 0 amide bonds. The molecule has 0 aromatic carbocycles. The number of aromatic nitrogens is 1. The fourth-order valence-electron chi connectivity index (χ4n) is 3.73. The number of nitrogens with zero attached hydrogens (tertiary/aromatic N) is 2. The monoisotopic (exact) mass is 560 g/mol. The van der Waals surface area contributed by atoms with Gasteiger partial charge in [-0.25, -0.2) is 19.0 Å². The van der Waals surface area contributed by atoms with E-state index in [9.17, 15) is 30.7 Å². The van der Waals surface area contributed by atoms with E-state index in [1.165, 1.54) is 12.3 Å². The summed E-state index contributed by atoms with van der Waals surface area (Å²) in [5, 5.41) is 14.2. The minimum Gasteiger partial charge on any atom is -0.475 e. The van der Waals surface area contributed by atoms with Crippen LogP contribution in [0.4, 0.5) is 30.7 Å². The van der Waals surface area contributed by atoms with E-state index in [1.807, 2.05) is 12.1 Å². The van der Waals surface area contributed by atoms with Crippen LogP contribution in [0.2, 0.25) is 0 Å². The van der Waals surface area contributed by atoms with Gasteiger partial charge in [0.05, 0.1) is 25.0 Å². The predicted octanol–water partition coefficient (Wildman–Crippen LogP) is 4.28. The molecule has 16 heteroatoms. The van der Waals surface area contributed by atoms with Crippen LogP contribution in [0, 0.1) is 5.82 Å². The molecule has 212 valence electrons. The van der Waals surface area contributed by atoms with Crippen molar-refractivity contribution in [3.05, 3.63) is 48.3 Å². The molecule has 38 heavy (non-hydrogen) atoms. The van der Waals surface area contributed by atoms with E-state index in [1.54, 1.807) is 12.3 Å². The molecule has 1 spiro atoms. The fraction of sp³-hybridized carbons (Fsp3) is 0.500. The summed E-state index contributed by atoms with van der Waals surface area (Å²) in [5.41, 5.74) is -0.208. The second-order valence-electron chi connectivity index (χ2n) is 8.23. The topological polar surface area (TPSA) is 122 Å². The van der Waals surface area contributed by atoms with Crippen LogP contribution in [0.1, 0.15) is 25.0 Å². The smallest absolute Gasteiger partial charge is 0.475 e. The summed E-state index contributed by atoms with van der Waals surface area (Å²) < 4.78 is 94.5. The zero-order valence-corrected chi connectivity index (χ0v) is 19.5. The lowest BCUT2D eigenvalue weighted by Gasteiger charge is -2.39. The highest BCUT2D eigenvalue weighted by molar-refractivity contribution is 5.73. The summed E-state index contributed by atoms with van der Waals surface area (Å²) in [6, 6.07) is 6.82. The van der Waals surface area contributed by atoms with Gasteiger partial charge in [-0.2, -0.15) is 26.3 Å². The number of ether oxygens (including phenoxy) is 2. The Bertz CT molecular complexity index is 1020. The first kappa shape index (κ1) is 30.8. The molecule has 0 bridgehead atoms. The van der Waals surface area contributed by atoms with Crippen molar-refractivity contribution in [2.75, 3.05) is 19.7 Å². The fourth-order valence-corrected chi connectivity index (χ4v) is 3.73. The Morgan fingerprint density at radius 1 is 1.11 bits per heavy atom. The van der Waals surface area contributed by atoms with Gasteiger partial charge in [-0.1, -0.05) is 0 Å². The van der Waals surface area contributed by atoms with Crippen molar-refractivity contribution in [1.82, 2.24) is 9.88 Å². The number of pyridine rings is 1. The van der Waals surface area contributed by atoms with Crippen LogP contribution >= 0.6 is 0 Å². The molecule has 2 aliphatic heterocycles. The van der Waals surface area contributed by atoms with E-state index in [0.717, 1.165) is 44.7 Å². The summed E-state index contributed by atoms with van der Waals surface area (Å²) in [7, 11) is 0. The summed E-state index contributed by atoms with van der Waals surface area (Å²) in [4.78, 5) is 24.1. The lowest BCUT2D eigenvalue weighted by molar-refractivity contribution is -0.193. The standard InChI is InChI=1S/C18H21FN2O3.2C2HF3O2/c19-16-5-1-7-20-17(16)24-15-10-18(23-12-15)6-3-8-21(13-18)11-14-4-2-9-22-14;2*3-2(4,5)1(6)7/h1-2,4-5,7,9,15H,3,6,8,10-13H2;2*(H,6,7)/t15-,18-;;/m0../s1. The van der Waals surface area contributed by atoms with Crippen LogP contribution in [0.5, 0.6) is 5.88 Å². The van der Waals surface area contributed by atoms with Gasteiger partial charge in [0.1, 0.15) is 11.9 Å². The van der Waals surface area contributed by atoms with E-state index in [4.69, 9.17) is 33.7 Å². The first-order valence-corrected chi connectivity index (χ1v) is 10.9. The number of hydrogen-bond acceptors (Lipinski definition) is 7. The van der Waals surface area contributed by atoms with Crippen LogP contribution in [-0.2, 0) is 20.9 Å². The highest BCUT2D eigenvalue weighted by Gasteiger charge is 2.45. The summed E-state index contributed by atoms with van der Waals surface area (Å²) in [6.07, 6.45) is -4.24. The van der Waals surface area contributed by atoms with Crippen LogP contribution in [0.15, 0.2) is 41.1 Å². The molecule has 0 radical (unpaired) electrons. The van der Waals surface area contributed by atoms with E-state index < -0.39 is 30.1 Å². The second-order valence-corrected chi connectivity index (χ2v) is 8.23.